The lowest BCUT2D eigenvalue weighted by Crippen LogP contribution is -2.29. The van der Waals surface area contributed by atoms with Crippen LogP contribution in [-0.4, -0.2) is 29.0 Å². The first kappa shape index (κ1) is 21.9. The standard InChI is InChI=1S/C22H18BrClN2O4/c1-13(28)18-8-7-16(24)10-19(18)20-11-21(29)26(25-22(20)30-2)17(12-27)9-14-3-5-15(23)6-4-14/h3-8,10-12,17H,9H2,1-2H3. The molecule has 1 aromatic heterocycles. The molecule has 2 aromatic carbocycles. The average molecular weight is 490 g/mol. The summed E-state index contributed by atoms with van der Waals surface area (Å²) in [4.78, 5) is 36.7. The molecule has 3 rings (SSSR count). The molecule has 0 saturated carbocycles. The molecule has 0 aliphatic carbocycles. The summed E-state index contributed by atoms with van der Waals surface area (Å²) in [7, 11) is 1.41. The molecule has 1 atom stereocenters. The zero-order chi connectivity index (χ0) is 21.8. The van der Waals surface area contributed by atoms with Crippen molar-refractivity contribution in [3.8, 4) is 17.0 Å². The maximum Gasteiger partial charge on any atom is 0.268 e. The van der Waals surface area contributed by atoms with Gasteiger partial charge in [0.15, 0.2) is 5.78 Å². The van der Waals surface area contributed by atoms with E-state index in [2.05, 4.69) is 21.0 Å². The molecule has 1 unspecified atom stereocenters. The molecule has 8 heteroatoms. The lowest BCUT2D eigenvalue weighted by atomic mass is 9.98. The molecule has 0 N–H and O–H groups in total. The van der Waals surface area contributed by atoms with Gasteiger partial charge in [0.2, 0.25) is 5.88 Å². The first-order valence-corrected chi connectivity index (χ1v) is 10.2. The van der Waals surface area contributed by atoms with Crippen molar-refractivity contribution in [3.05, 3.63) is 79.5 Å². The summed E-state index contributed by atoms with van der Waals surface area (Å²) in [5, 5.41) is 4.67. The molecule has 0 spiro atoms. The normalized spacial score (nSPS) is 11.7. The molecule has 1 heterocycles. The molecular formula is C22H18BrClN2O4. The molecule has 0 fully saturated rings. The molecule has 0 aliphatic heterocycles. The second-order valence-corrected chi connectivity index (χ2v) is 7.98. The van der Waals surface area contributed by atoms with Crippen molar-refractivity contribution >= 4 is 39.6 Å². The van der Waals surface area contributed by atoms with E-state index < -0.39 is 11.6 Å². The number of hydrogen-bond acceptors (Lipinski definition) is 5. The molecule has 0 amide bonds. The maximum absolute atomic E-state index is 12.9. The summed E-state index contributed by atoms with van der Waals surface area (Å²) in [6.45, 7) is 1.43. The minimum absolute atomic E-state index is 0.113. The van der Waals surface area contributed by atoms with Crippen LogP contribution in [0.3, 0.4) is 0 Å². The quantitative estimate of drug-likeness (QED) is 0.360. The van der Waals surface area contributed by atoms with Gasteiger partial charge in [-0.05, 0) is 48.4 Å². The second-order valence-electron chi connectivity index (χ2n) is 6.63. The minimum atomic E-state index is -0.812. The predicted octanol–water partition coefficient (Wildman–Crippen LogP) is 4.52. The Bertz CT molecular complexity index is 1160. The Morgan fingerprint density at radius 1 is 1.20 bits per heavy atom. The Labute approximate surface area is 186 Å². The van der Waals surface area contributed by atoms with Crippen LogP contribution < -0.4 is 10.3 Å². The van der Waals surface area contributed by atoms with Gasteiger partial charge >= 0.3 is 0 Å². The molecular weight excluding hydrogens is 472 g/mol. The summed E-state index contributed by atoms with van der Waals surface area (Å²) in [5.74, 6) is -0.0732. The van der Waals surface area contributed by atoms with Gasteiger partial charge in [0.25, 0.3) is 5.56 Å². The molecule has 0 bridgehead atoms. The number of benzene rings is 2. The van der Waals surface area contributed by atoms with Crippen LogP contribution >= 0.6 is 27.5 Å². The number of nitrogens with zero attached hydrogens (tertiary/aromatic N) is 2. The highest BCUT2D eigenvalue weighted by atomic mass is 79.9. The van der Waals surface area contributed by atoms with E-state index in [0.29, 0.717) is 34.4 Å². The van der Waals surface area contributed by atoms with Crippen molar-refractivity contribution in [2.45, 2.75) is 19.4 Å². The number of ketones is 1. The topological polar surface area (TPSA) is 78.3 Å². The minimum Gasteiger partial charge on any atom is -0.480 e. The van der Waals surface area contributed by atoms with E-state index in [0.717, 1.165) is 14.7 Å². The van der Waals surface area contributed by atoms with Gasteiger partial charge in [-0.2, -0.15) is 0 Å². The van der Waals surface area contributed by atoms with Crippen LogP contribution in [0.2, 0.25) is 5.02 Å². The van der Waals surface area contributed by atoms with Crippen molar-refractivity contribution in [1.82, 2.24) is 9.78 Å². The first-order valence-electron chi connectivity index (χ1n) is 9.02. The van der Waals surface area contributed by atoms with Gasteiger partial charge in [0.1, 0.15) is 12.3 Å². The maximum atomic E-state index is 12.9. The van der Waals surface area contributed by atoms with Crippen molar-refractivity contribution in [3.63, 3.8) is 0 Å². The number of aldehydes is 1. The van der Waals surface area contributed by atoms with Crippen LogP contribution in [0, 0.1) is 0 Å². The summed E-state index contributed by atoms with van der Waals surface area (Å²) in [5.41, 5.74) is 1.55. The SMILES string of the molecule is COc1nn(C(C=O)Cc2ccc(Br)cc2)c(=O)cc1-c1cc(Cl)ccc1C(C)=O. The van der Waals surface area contributed by atoms with Gasteiger partial charge < -0.3 is 9.53 Å². The Morgan fingerprint density at radius 3 is 2.50 bits per heavy atom. The number of carbonyl (C=O) groups excluding carboxylic acids is 2. The molecule has 0 saturated heterocycles. The lowest BCUT2D eigenvalue weighted by Gasteiger charge is -2.17. The first-order chi connectivity index (χ1) is 14.3. The third-order valence-electron chi connectivity index (χ3n) is 4.60. The Hall–Kier alpha value is -2.77. The number of rotatable bonds is 7. The number of Topliss-reactive ketones (excluding diaryl/α,β-unsaturated/α-hetero) is 1. The second kappa shape index (κ2) is 9.36. The average Bonchev–Trinajstić information content (AvgIpc) is 2.73. The smallest absolute Gasteiger partial charge is 0.268 e. The van der Waals surface area contributed by atoms with E-state index >= 15 is 0 Å². The van der Waals surface area contributed by atoms with Gasteiger partial charge in [-0.1, -0.05) is 39.7 Å². The van der Waals surface area contributed by atoms with Crippen molar-refractivity contribution in [2.24, 2.45) is 0 Å². The number of aromatic nitrogens is 2. The number of carbonyl (C=O) groups is 2. The Balaban J connectivity index is 2.09. The van der Waals surface area contributed by atoms with Crippen LogP contribution in [0.1, 0.15) is 28.9 Å². The summed E-state index contributed by atoms with van der Waals surface area (Å²) in [6.07, 6.45) is 0.970. The molecule has 154 valence electrons. The summed E-state index contributed by atoms with van der Waals surface area (Å²) < 4.78 is 7.39. The summed E-state index contributed by atoms with van der Waals surface area (Å²) >= 11 is 9.47. The molecule has 6 nitrogen and oxygen atoms in total. The van der Waals surface area contributed by atoms with Gasteiger partial charge in [0.05, 0.1) is 12.7 Å². The van der Waals surface area contributed by atoms with E-state index in [4.69, 9.17) is 16.3 Å². The fourth-order valence-electron chi connectivity index (χ4n) is 3.13. The highest BCUT2D eigenvalue weighted by molar-refractivity contribution is 9.10. The zero-order valence-corrected chi connectivity index (χ0v) is 18.6. The largest absolute Gasteiger partial charge is 0.480 e. The van der Waals surface area contributed by atoms with Crippen LogP contribution in [0.15, 0.2) is 57.8 Å². The van der Waals surface area contributed by atoms with Crippen molar-refractivity contribution < 1.29 is 14.3 Å². The third kappa shape index (κ3) is 4.68. The zero-order valence-electron chi connectivity index (χ0n) is 16.3. The van der Waals surface area contributed by atoms with Crippen LogP contribution in [-0.2, 0) is 11.2 Å². The highest BCUT2D eigenvalue weighted by Gasteiger charge is 2.21. The van der Waals surface area contributed by atoms with Crippen molar-refractivity contribution in [1.29, 1.82) is 0 Å². The number of ether oxygens (including phenoxy) is 1. The van der Waals surface area contributed by atoms with E-state index in [-0.39, 0.29) is 11.7 Å². The van der Waals surface area contributed by atoms with E-state index in [1.54, 1.807) is 18.2 Å². The van der Waals surface area contributed by atoms with Gasteiger partial charge in [-0.25, -0.2) is 4.68 Å². The van der Waals surface area contributed by atoms with Gasteiger partial charge in [0, 0.05) is 27.5 Å². The lowest BCUT2D eigenvalue weighted by molar-refractivity contribution is -0.110. The number of methoxy groups -OCH3 is 1. The molecule has 0 aliphatic rings. The molecule has 30 heavy (non-hydrogen) atoms. The predicted molar refractivity (Wildman–Crippen MR) is 118 cm³/mol. The van der Waals surface area contributed by atoms with Crippen LogP contribution in [0.25, 0.3) is 11.1 Å². The van der Waals surface area contributed by atoms with Gasteiger partial charge in [-0.15, -0.1) is 5.10 Å². The van der Waals surface area contributed by atoms with Crippen molar-refractivity contribution in [2.75, 3.05) is 7.11 Å². The number of halogens is 2. The Morgan fingerprint density at radius 2 is 1.90 bits per heavy atom. The van der Waals surface area contributed by atoms with E-state index in [1.165, 1.54) is 20.1 Å². The molecule has 3 aromatic rings. The van der Waals surface area contributed by atoms with Gasteiger partial charge in [-0.3, -0.25) is 9.59 Å². The fraction of sp³-hybridized carbons (Fsp3) is 0.182. The van der Waals surface area contributed by atoms with Crippen LogP contribution in [0.4, 0.5) is 0 Å². The van der Waals surface area contributed by atoms with E-state index in [1.807, 2.05) is 24.3 Å². The molecule has 0 radical (unpaired) electrons. The van der Waals surface area contributed by atoms with Crippen LogP contribution in [0.5, 0.6) is 5.88 Å². The third-order valence-corrected chi connectivity index (χ3v) is 5.36. The van der Waals surface area contributed by atoms with E-state index in [9.17, 15) is 14.4 Å². The Kier molecular flexibility index (Phi) is 6.84. The summed E-state index contributed by atoms with van der Waals surface area (Å²) in [6, 6.07) is 12.7. The fourth-order valence-corrected chi connectivity index (χ4v) is 3.57. The monoisotopic (exact) mass is 488 g/mol. The highest BCUT2D eigenvalue weighted by Crippen LogP contribution is 2.32. The number of hydrogen-bond donors (Lipinski definition) is 0.